The molecule has 0 aliphatic carbocycles. The fourth-order valence-electron chi connectivity index (χ4n) is 8.85. The van der Waals surface area contributed by atoms with Crippen molar-refractivity contribution in [1.82, 2.24) is 0 Å². The van der Waals surface area contributed by atoms with Gasteiger partial charge in [0.25, 0.3) is 0 Å². The lowest BCUT2D eigenvalue weighted by molar-refractivity contribution is 0.482. The number of anilines is 9. The van der Waals surface area contributed by atoms with E-state index in [1.807, 2.05) is 24.3 Å². The minimum atomic E-state index is 0.783. The molecule has 0 heterocycles. The number of hydrogen-bond donors (Lipinski definition) is 0. The van der Waals surface area contributed by atoms with Gasteiger partial charge in [-0.2, -0.15) is 0 Å². The summed E-state index contributed by atoms with van der Waals surface area (Å²) >= 11 is 0. The minimum absolute atomic E-state index is 0.783. The third-order valence-electron chi connectivity index (χ3n) is 13.1. The molecule has 0 unspecified atom stereocenters. The van der Waals surface area contributed by atoms with E-state index >= 15 is 0 Å². The summed E-state index contributed by atoms with van der Waals surface area (Å²) < 4.78 is 6.23. The van der Waals surface area contributed by atoms with Crippen molar-refractivity contribution < 1.29 is 4.74 Å². The molecule has 0 saturated heterocycles. The molecule has 0 N–H and O–H groups in total. The fraction of sp³-hybridized carbons (Fsp3) is 0.0725. The van der Waals surface area contributed by atoms with Gasteiger partial charge in [-0.3, -0.25) is 0 Å². The lowest BCUT2D eigenvalue weighted by Gasteiger charge is -2.26. The van der Waals surface area contributed by atoms with Crippen molar-refractivity contribution in [2.24, 2.45) is 0 Å². The average Bonchev–Trinajstić information content (AvgIpc) is 3.42. The molecule has 0 bridgehead atoms. The summed E-state index contributed by atoms with van der Waals surface area (Å²) in [6, 6.07) is 86.3. The molecule has 0 radical (unpaired) electrons. The van der Waals surface area contributed by atoms with Gasteiger partial charge in [-0.1, -0.05) is 161 Å². The third-order valence-corrected chi connectivity index (χ3v) is 13.1. The molecular formula is C69H59N3O. The minimum Gasteiger partial charge on any atom is -0.457 e. The predicted molar refractivity (Wildman–Crippen MR) is 311 cm³/mol. The van der Waals surface area contributed by atoms with Crippen LogP contribution >= 0.6 is 0 Å². The second-order valence-corrected chi connectivity index (χ2v) is 18.8. The summed E-state index contributed by atoms with van der Waals surface area (Å²) in [5.74, 6) is 1.60. The zero-order valence-electron chi connectivity index (χ0n) is 42.2. The molecule has 0 fully saturated rings. The topological polar surface area (TPSA) is 19.0 Å². The first-order chi connectivity index (χ1) is 35.7. The Kier molecular flexibility index (Phi) is 14.3. The van der Waals surface area contributed by atoms with Crippen LogP contribution in [0.1, 0.15) is 50.1 Å². The normalized spacial score (nSPS) is 11.2. The molecule has 0 saturated carbocycles. The standard InChI is InChI=1S/C69H59N3O/c1-50-6-28-59(29-7-50)70(60-30-8-51(2)9-31-60)63-36-20-55(21-37-63)16-18-57-24-40-65(41-25-57)72(67-44-48-69(49-45-67)73-68-46-14-54(5)15-47-68)66-42-26-58(27-43-66)19-17-56-22-38-64(39-23-56)71(61-32-10-52(3)11-33-61)62-34-12-53(4)13-35-62/h6-49H,1-5H3. The Balaban J connectivity index is 0.878. The van der Waals surface area contributed by atoms with Crippen molar-refractivity contribution in [2.75, 3.05) is 14.7 Å². The molecule has 10 aromatic rings. The van der Waals surface area contributed by atoms with Gasteiger partial charge in [-0.15, -0.1) is 0 Å². The Morgan fingerprint density at radius 1 is 0.205 bits per heavy atom. The summed E-state index contributed by atoms with van der Waals surface area (Å²) in [6.45, 7) is 10.6. The molecule has 0 spiro atoms. The summed E-state index contributed by atoms with van der Waals surface area (Å²) in [5, 5.41) is 0. The van der Waals surface area contributed by atoms with Crippen LogP contribution in [-0.4, -0.2) is 0 Å². The van der Waals surface area contributed by atoms with E-state index in [0.717, 1.165) is 84.9 Å². The van der Waals surface area contributed by atoms with Crippen LogP contribution in [0.3, 0.4) is 0 Å². The number of ether oxygens (including phenoxy) is 1. The first-order valence-electron chi connectivity index (χ1n) is 25.0. The van der Waals surface area contributed by atoms with Gasteiger partial charge in [0.15, 0.2) is 0 Å². The maximum absolute atomic E-state index is 6.23. The molecule has 0 amide bonds. The van der Waals surface area contributed by atoms with Crippen LogP contribution < -0.4 is 19.4 Å². The number of nitrogens with zero attached hydrogens (tertiary/aromatic N) is 3. The van der Waals surface area contributed by atoms with Gasteiger partial charge in [-0.05, 0) is 190 Å². The van der Waals surface area contributed by atoms with Crippen LogP contribution in [0.25, 0.3) is 24.3 Å². The molecule has 0 aliphatic rings. The molecular weight excluding hydrogens is 887 g/mol. The Morgan fingerprint density at radius 3 is 0.562 bits per heavy atom. The Hall–Kier alpha value is -9.12. The number of benzene rings is 10. The smallest absolute Gasteiger partial charge is 0.127 e. The molecule has 10 rings (SSSR count). The second-order valence-electron chi connectivity index (χ2n) is 18.8. The highest BCUT2D eigenvalue weighted by Crippen LogP contribution is 2.39. The van der Waals surface area contributed by atoms with Crippen molar-refractivity contribution in [2.45, 2.75) is 34.6 Å². The van der Waals surface area contributed by atoms with Crippen molar-refractivity contribution in [3.05, 3.63) is 293 Å². The molecule has 0 aliphatic heterocycles. The second kappa shape index (κ2) is 21.9. The highest BCUT2D eigenvalue weighted by Gasteiger charge is 2.16. The van der Waals surface area contributed by atoms with Gasteiger partial charge in [-0.25, -0.2) is 0 Å². The zero-order chi connectivity index (χ0) is 50.1. The van der Waals surface area contributed by atoms with Crippen LogP contribution in [-0.2, 0) is 0 Å². The maximum Gasteiger partial charge on any atom is 0.127 e. The van der Waals surface area contributed by atoms with Gasteiger partial charge in [0.1, 0.15) is 11.5 Å². The quantitative estimate of drug-likeness (QED) is 0.0953. The Bertz CT molecular complexity index is 3150. The SMILES string of the molecule is Cc1ccc(Oc2ccc(N(c3ccc(C=Cc4ccc(N(c5ccc(C)cc5)c5ccc(C)cc5)cc4)cc3)c3ccc(C=Cc4ccc(N(c5ccc(C)cc5)c5ccc(C)cc5)cc4)cc3)cc2)cc1. The van der Waals surface area contributed by atoms with Gasteiger partial charge in [0.2, 0.25) is 0 Å². The molecule has 0 atom stereocenters. The van der Waals surface area contributed by atoms with E-state index < -0.39 is 0 Å². The summed E-state index contributed by atoms with van der Waals surface area (Å²) in [5.41, 5.74) is 20.5. The highest BCUT2D eigenvalue weighted by atomic mass is 16.5. The third kappa shape index (κ3) is 11.7. The molecule has 4 heteroatoms. The van der Waals surface area contributed by atoms with E-state index in [4.69, 9.17) is 4.74 Å². The van der Waals surface area contributed by atoms with E-state index in [1.165, 1.54) is 27.8 Å². The maximum atomic E-state index is 6.23. The largest absolute Gasteiger partial charge is 0.457 e. The number of aryl methyl sites for hydroxylation is 5. The molecule has 4 nitrogen and oxygen atoms in total. The molecule has 0 aromatic heterocycles. The number of hydrogen-bond acceptors (Lipinski definition) is 4. The Labute approximate surface area is 431 Å². The fourth-order valence-corrected chi connectivity index (χ4v) is 8.85. The van der Waals surface area contributed by atoms with E-state index in [2.05, 4.69) is 292 Å². The van der Waals surface area contributed by atoms with Gasteiger partial charge in [0.05, 0.1) is 0 Å². The van der Waals surface area contributed by atoms with Crippen LogP contribution in [0.5, 0.6) is 11.5 Å². The van der Waals surface area contributed by atoms with Gasteiger partial charge < -0.3 is 19.4 Å². The van der Waals surface area contributed by atoms with Crippen LogP contribution in [0, 0.1) is 34.6 Å². The lowest BCUT2D eigenvalue weighted by Crippen LogP contribution is -2.09. The average molecular weight is 946 g/mol. The van der Waals surface area contributed by atoms with Gasteiger partial charge >= 0.3 is 0 Å². The molecule has 73 heavy (non-hydrogen) atoms. The molecule has 10 aromatic carbocycles. The van der Waals surface area contributed by atoms with Gasteiger partial charge in [0, 0.05) is 51.2 Å². The molecule has 356 valence electrons. The predicted octanol–water partition coefficient (Wildman–Crippen LogP) is 19.8. The van der Waals surface area contributed by atoms with E-state index in [9.17, 15) is 0 Å². The monoisotopic (exact) mass is 945 g/mol. The summed E-state index contributed by atoms with van der Waals surface area (Å²) in [4.78, 5) is 6.90. The first-order valence-corrected chi connectivity index (χ1v) is 25.0. The van der Waals surface area contributed by atoms with E-state index in [0.29, 0.717) is 0 Å². The Morgan fingerprint density at radius 2 is 0.356 bits per heavy atom. The van der Waals surface area contributed by atoms with E-state index in [1.54, 1.807) is 0 Å². The van der Waals surface area contributed by atoms with Crippen LogP contribution in [0.15, 0.2) is 243 Å². The van der Waals surface area contributed by atoms with Crippen LogP contribution in [0.2, 0.25) is 0 Å². The van der Waals surface area contributed by atoms with Crippen molar-refractivity contribution in [3.63, 3.8) is 0 Å². The highest BCUT2D eigenvalue weighted by molar-refractivity contribution is 5.82. The summed E-state index contributed by atoms with van der Waals surface area (Å²) in [6.07, 6.45) is 8.71. The van der Waals surface area contributed by atoms with Crippen molar-refractivity contribution in [3.8, 4) is 11.5 Å². The van der Waals surface area contributed by atoms with Crippen molar-refractivity contribution >= 4 is 75.5 Å². The first kappa shape index (κ1) is 47.6. The zero-order valence-corrected chi connectivity index (χ0v) is 42.2. The number of rotatable bonds is 15. The van der Waals surface area contributed by atoms with Crippen molar-refractivity contribution in [1.29, 1.82) is 0 Å². The van der Waals surface area contributed by atoms with E-state index in [-0.39, 0.29) is 0 Å². The summed E-state index contributed by atoms with van der Waals surface area (Å²) in [7, 11) is 0. The lowest BCUT2D eigenvalue weighted by atomic mass is 10.1. The van der Waals surface area contributed by atoms with Crippen LogP contribution in [0.4, 0.5) is 51.2 Å².